The lowest BCUT2D eigenvalue weighted by molar-refractivity contribution is -0.114. The van der Waals surface area contributed by atoms with Gasteiger partial charge in [-0.05, 0) is 31.2 Å². The molecule has 7 nitrogen and oxygen atoms in total. The molecule has 8 heteroatoms. The molecule has 1 heterocycles. The van der Waals surface area contributed by atoms with Gasteiger partial charge < -0.3 is 14.0 Å². The molecule has 28 heavy (non-hydrogen) atoms. The number of esters is 1. The fourth-order valence-corrected chi connectivity index (χ4v) is 3.24. The van der Waals surface area contributed by atoms with Gasteiger partial charge in [0.1, 0.15) is 11.5 Å². The molecule has 0 N–H and O–H groups in total. The van der Waals surface area contributed by atoms with Crippen LogP contribution in [0.25, 0.3) is 11.4 Å². The van der Waals surface area contributed by atoms with E-state index in [9.17, 15) is 9.59 Å². The summed E-state index contributed by atoms with van der Waals surface area (Å²) in [7, 11) is 1.56. The number of benzene rings is 2. The average molecular weight is 398 g/mol. The van der Waals surface area contributed by atoms with Crippen LogP contribution in [-0.2, 0) is 16.1 Å². The number of Topliss-reactive ketones (excluding diaryl/α,β-unsaturated/α-hetero) is 1. The summed E-state index contributed by atoms with van der Waals surface area (Å²) in [5, 5.41) is 3.91. The average Bonchev–Trinajstić information content (AvgIpc) is 3.19. The predicted molar refractivity (Wildman–Crippen MR) is 103 cm³/mol. The number of ketones is 1. The van der Waals surface area contributed by atoms with E-state index in [1.165, 1.54) is 18.7 Å². The number of nitrogens with zero attached hydrogens (tertiary/aromatic N) is 2. The van der Waals surface area contributed by atoms with Crippen molar-refractivity contribution in [2.45, 2.75) is 18.4 Å². The molecule has 3 rings (SSSR count). The molecular weight excluding hydrogens is 380 g/mol. The van der Waals surface area contributed by atoms with Gasteiger partial charge in [-0.1, -0.05) is 29.4 Å². The maximum Gasteiger partial charge on any atom is 0.339 e. The number of hydrogen-bond donors (Lipinski definition) is 0. The number of ether oxygens (including phenoxy) is 2. The lowest BCUT2D eigenvalue weighted by Crippen LogP contribution is -2.07. The first-order valence-electron chi connectivity index (χ1n) is 8.43. The van der Waals surface area contributed by atoms with Crippen LogP contribution in [0.5, 0.6) is 5.75 Å². The second kappa shape index (κ2) is 9.18. The van der Waals surface area contributed by atoms with Gasteiger partial charge in [0.05, 0.1) is 24.0 Å². The van der Waals surface area contributed by atoms with Crippen LogP contribution in [-0.4, -0.2) is 34.8 Å². The second-order valence-electron chi connectivity index (χ2n) is 5.77. The topological polar surface area (TPSA) is 91.5 Å². The standard InChI is InChI=1S/C20H18N2O5S/c1-13(23)12-28-17-10-6-4-8-15(17)20(24)26-11-18-21-19(22-27-18)14-7-3-5-9-16(14)25-2/h3-10H,11-12H2,1-2H3. The molecule has 0 aliphatic heterocycles. The highest BCUT2D eigenvalue weighted by Crippen LogP contribution is 2.27. The van der Waals surface area contributed by atoms with Crippen LogP contribution in [0.4, 0.5) is 0 Å². The molecule has 0 aliphatic carbocycles. The Labute approximate surface area is 166 Å². The second-order valence-corrected chi connectivity index (χ2v) is 6.79. The van der Waals surface area contributed by atoms with Gasteiger partial charge in [0, 0.05) is 4.90 Å². The van der Waals surface area contributed by atoms with Gasteiger partial charge in [-0.25, -0.2) is 4.79 Å². The van der Waals surface area contributed by atoms with E-state index in [2.05, 4.69) is 10.1 Å². The zero-order valence-corrected chi connectivity index (χ0v) is 16.2. The first-order chi connectivity index (χ1) is 13.6. The third-order valence-corrected chi connectivity index (χ3v) is 4.90. The van der Waals surface area contributed by atoms with E-state index in [1.807, 2.05) is 18.2 Å². The number of thioether (sulfide) groups is 1. The molecule has 1 aromatic heterocycles. The molecule has 0 aliphatic rings. The van der Waals surface area contributed by atoms with Crippen molar-refractivity contribution < 1.29 is 23.6 Å². The molecule has 0 radical (unpaired) electrons. The smallest absolute Gasteiger partial charge is 0.339 e. The maximum absolute atomic E-state index is 12.4. The van der Waals surface area contributed by atoms with Gasteiger partial charge in [0.15, 0.2) is 6.61 Å². The molecular formula is C20H18N2O5S. The molecule has 0 unspecified atom stereocenters. The van der Waals surface area contributed by atoms with Crippen LogP contribution < -0.4 is 4.74 Å². The number of carbonyl (C=O) groups is 2. The first-order valence-corrected chi connectivity index (χ1v) is 9.41. The van der Waals surface area contributed by atoms with E-state index < -0.39 is 5.97 Å². The third kappa shape index (κ3) is 4.77. The van der Waals surface area contributed by atoms with E-state index in [4.69, 9.17) is 14.0 Å². The Hall–Kier alpha value is -3.13. The third-order valence-electron chi connectivity index (χ3n) is 3.68. The molecule has 0 saturated carbocycles. The summed E-state index contributed by atoms with van der Waals surface area (Å²) in [6.45, 7) is 1.34. The van der Waals surface area contributed by atoms with Gasteiger partial charge >= 0.3 is 5.97 Å². The minimum atomic E-state index is -0.524. The molecule has 0 atom stereocenters. The van der Waals surface area contributed by atoms with Crippen LogP contribution in [0.2, 0.25) is 0 Å². The maximum atomic E-state index is 12.4. The largest absolute Gasteiger partial charge is 0.496 e. The monoisotopic (exact) mass is 398 g/mol. The number of hydrogen-bond acceptors (Lipinski definition) is 8. The zero-order chi connectivity index (χ0) is 19.9. The van der Waals surface area contributed by atoms with Gasteiger partial charge in [-0.2, -0.15) is 4.98 Å². The van der Waals surface area contributed by atoms with Crippen LogP contribution in [0.1, 0.15) is 23.2 Å². The summed E-state index contributed by atoms with van der Waals surface area (Å²) >= 11 is 1.29. The van der Waals surface area contributed by atoms with Gasteiger partial charge in [0.25, 0.3) is 5.89 Å². The highest BCUT2D eigenvalue weighted by Gasteiger charge is 2.17. The number of aromatic nitrogens is 2. The fraction of sp³-hybridized carbons (Fsp3) is 0.200. The summed E-state index contributed by atoms with van der Waals surface area (Å²) in [5.74, 6) is 0.926. The van der Waals surface area contributed by atoms with E-state index in [0.717, 1.165) is 0 Å². The van der Waals surface area contributed by atoms with Crippen LogP contribution in [0.3, 0.4) is 0 Å². The minimum Gasteiger partial charge on any atom is -0.496 e. The summed E-state index contributed by atoms with van der Waals surface area (Å²) in [6, 6.07) is 14.2. The van der Waals surface area contributed by atoms with Crippen molar-refractivity contribution >= 4 is 23.5 Å². The van der Waals surface area contributed by atoms with E-state index in [1.54, 1.807) is 37.4 Å². The molecule has 0 spiro atoms. The lowest BCUT2D eigenvalue weighted by Gasteiger charge is -2.07. The van der Waals surface area contributed by atoms with Crippen molar-refractivity contribution in [3.05, 3.63) is 60.0 Å². The first kappa shape index (κ1) is 19.6. The number of rotatable bonds is 8. The van der Waals surface area contributed by atoms with E-state index >= 15 is 0 Å². The molecule has 0 amide bonds. The normalized spacial score (nSPS) is 10.5. The number of methoxy groups -OCH3 is 1. The summed E-state index contributed by atoms with van der Waals surface area (Å²) < 4.78 is 15.8. The van der Waals surface area contributed by atoms with Crippen molar-refractivity contribution in [3.8, 4) is 17.1 Å². The van der Waals surface area contributed by atoms with Crippen LogP contribution in [0, 0.1) is 0 Å². The molecule has 144 valence electrons. The molecule has 3 aromatic rings. The van der Waals surface area contributed by atoms with Crippen molar-refractivity contribution in [1.82, 2.24) is 10.1 Å². The Bertz CT molecular complexity index is 986. The summed E-state index contributed by atoms with van der Waals surface area (Å²) in [6.07, 6.45) is 0. The van der Waals surface area contributed by atoms with Crippen molar-refractivity contribution in [2.24, 2.45) is 0 Å². The molecule has 0 bridgehead atoms. The molecule has 2 aromatic carbocycles. The van der Waals surface area contributed by atoms with Gasteiger partial charge in [0.2, 0.25) is 5.82 Å². The summed E-state index contributed by atoms with van der Waals surface area (Å²) in [4.78, 5) is 28.6. The number of carbonyl (C=O) groups excluding carboxylic acids is 2. The molecule has 0 fully saturated rings. The summed E-state index contributed by atoms with van der Waals surface area (Å²) in [5.41, 5.74) is 1.07. The Morgan fingerprint density at radius 3 is 2.64 bits per heavy atom. The minimum absolute atomic E-state index is 0.0305. The SMILES string of the molecule is COc1ccccc1-c1noc(COC(=O)c2ccccc2SCC(C)=O)n1. The van der Waals surface area contributed by atoms with Crippen LogP contribution >= 0.6 is 11.8 Å². The Morgan fingerprint density at radius 2 is 1.86 bits per heavy atom. The lowest BCUT2D eigenvalue weighted by atomic mass is 10.2. The van der Waals surface area contributed by atoms with E-state index in [-0.39, 0.29) is 24.0 Å². The Morgan fingerprint density at radius 1 is 1.11 bits per heavy atom. The Kier molecular flexibility index (Phi) is 6.44. The van der Waals surface area contributed by atoms with Crippen molar-refractivity contribution in [1.29, 1.82) is 0 Å². The van der Waals surface area contributed by atoms with Crippen LogP contribution in [0.15, 0.2) is 57.9 Å². The fourth-order valence-electron chi connectivity index (χ4n) is 2.40. The van der Waals surface area contributed by atoms with Gasteiger partial charge in [-0.15, -0.1) is 11.8 Å². The highest BCUT2D eigenvalue weighted by atomic mass is 32.2. The molecule has 0 saturated heterocycles. The Balaban J connectivity index is 1.68. The predicted octanol–water partition coefficient (Wildman–Crippen LogP) is 3.78. The van der Waals surface area contributed by atoms with Crippen molar-refractivity contribution in [3.63, 3.8) is 0 Å². The van der Waals surface area contributed by atoms with E-state index in [0.29, 0.717) is 27.6 Å². The number of para-hydroxylation sites is 1. The highest BCUT2D eigenvalue weighted by molar-refractivity contribution is 8.00. The van der Waals surface area contributed by atoms with Gasteiger partial charge in [-0.3, -0.25) is 4.79 Å². The zero-order valence-electron chi connectivity index (χ0n) is 15.4. The van der Waals surface area contributed by atoms with Crippen molar-refractivity contribution in [2.75, 3.05) is 12.9 Å². The quantitative estimate of drug-likeness (QED) is 0.418.